The summed E-state index contributed by atoms with van der Waals surface area (Å²) in [6.07, 6.45) is 7.37. The minimum absolute atomic E-state index is 0.401. The molecule has 0 radical (unpaired) electrons. The Labute approximate surface area is 141 Å². The number of pyridine rings is 3. The molecule has 2 atom stereocenters. The van der Waals surface area contributed by atoms with Gasteiger partial charge in [0, 0.05) is 66.3 Å². The molecule has 24 heavy (non-hydrogen) atoms. The van der Waals surface area contributed by atoms with Crippen LogP contribution in [-0.2, 0) is 0 Å². The molecule has 122 valence electrons. The number of rotatable bonds is 2. The number of anilines is 1. The number of piperazine rings is 1. The van der Waals surface area contributed by atoms with Crippen LogP contribution in [-0.4, -0.2) is 40.1 Å². The molecule has 4 rings (SSSR count). The van der Waals surface area contributed by atoms with Crippen LogP contribution in [0.5, 0.6) is 0 Å². The average Bonchev–Trinajstić information content (AvgIpc) is 2.63. The van der Waals surface area contributed by atoms with Crippen molar-refractivity contribution in [3.8, 4) is 11.3 Å². The Morgan fingerprint density at radius 2 is 1.88 bits per heavy atom. The molecule has 1 fully saturated rings. The largest absolute Gasteiger partial charge is 0.351 e. The van der Waals surface area contributed by atoms with E-state index in [9.17, 15) is 0 Å². The molecule has 5 heteroatoms. The SMILES string of the molecule is CC1CN(c2nc(-c3ccncc3)cc3cnccc23)C(C)CN1. The van der Waals surface area contributed by atoms with Gasteiger partial charge in [-0.1, -0.05) is 0 Å². The summed E-state index contributed by atoms with van der Waals surface area (Å²) in [6, 6.07) is 9.02. The first-order chi connectivity index (χ1) is 11.7. The Kier molecular flexibility index (Phi) is 3.86. The van der Waals surface area contributed by atoms with Crippen LogP contribution in [0.2, 0.25) is 0 Å². The maximum Gasteiger partial charge on any atom is 0.137 e. The van der Waals surface area contributed by atoms with Crippen molar-refractivity contribution in [2.24, 2.45) is 0 Å². The van der Waals surface area contributed by atoms with Crippen molar-refractivity contribution >= 4 is 16.6 Å². The summed E-state index contributed by atoms with van der Waals surface area (Å²) in [7, 11) is 0. The molecule has 1 aliphatic rings. The van der Waals surface area contributed by atoms with Gasteiger partial charge in [0.2, 0.25) is 0 Å². The fraction of sp³-hybridized carbons (Fsp3) is 0.316. The van der Waals surface area contributed by atoms with Crippen LogP contribution in [0, 0.1) is 0 Å². The van der Waals surface area contributed by atoms with E-state index in [2.05, 4.69) is 46.2 Å². The number of aromatic nitrogens is 3. The summed E-state index contributed by atoms with van der Waals surface area (Å²) in [5, 5.41) is 5.81. The second kappa shape index (κ2) is 6.17. The Morgan fingerprint density at radius 3 is 2.71 bits per heavy atom. The number of hydrogen-bond donors (Lipinski definition) is 1. The highest BCUT2D eigenvalue weighted by Gasteiger charge is 2.25. The molecule has 5 nitrogen and oxygen atoms in total. The summed E-state index contributed by atoms with van der Waals surface area (Å²) in [5.41, 5.74) is 2.04. The Hall–Kier alpha value is -2.53. The van der Waals surface area contributed by atoms with E-state index in [1.165, 1.54) is 0 Å². The lowest BCUT2D eigenvalue weighted by Gasteiger charge is -2.39. The third-order valence-corrected chi connectivity index (χ3v) is 4.62. The lowest BCUT2D eigenvalue weighted by molar-refractivity contribution is 0.423. The van der Waals surface area contributed by atoms with Crippen LogP contribution in [0.25, 0.3) is 22.0 Å². The van der Waals surface area contributed by atoms with E-state index in [4.69, 9.17) is 4.98 Å². The number of hydrogen-bond acceptors (Lipinski definition) is 5. The minimum Gasteiger partial charge on any atom is -0.351 e. The normalized spacial score (nSPS) is 21.2. The number of nitrogens with one attached hydrogen (secondary N) is 1. The maximum atomic E-state index is 5.02. The van der Waals surface area contributed by atoms with Gasteiger partial charge in [-0.25, -0.2) is 4.98 Å². The average molecular weight is 319 g/mol. The lowest BCUT2D eigenvalue weighted by atomic mass is 10.1. The fourth-order valence-electron chi connectivity index (χ4n) is 3.29. The molecule has 0 aromatic carbocycles. The molecule has 0 aliphatic carbocycles. The van der Waals surface area contributed by atoms with Crippen molar-refractivity contribution in [3.63, 3.8) is 0 Å². The first-order valence-electron chi connectivity index (χ1n) is 8.37. The molecule has 1 aliphatic heterocycles. The van der Waals surface area contributed by atoms with E-state index in [0.29, 0.717) is 12.1 Å². The van der Waals surface area contributed by atoms with Crippen LogP contribution in [0.1, 0.15) is 13.8 Å². The van der Waals surface area contributed by atoms with Gasteiger partial charge in [0.05, 0.1) is 5.69 Å². The van der Waals surface area contributed by atoms with Gasteiger partial charge in [-0.15, -0.1) is 0 Å². The maximum absolute atomic E-state index is 5.02. The zero-order valence-electron chi connectivity index (χ0n) is 14.0. The molecule has 0 amide bonds. The highest BCUT2D eigenvalue weighted by molar-refractivity contribution is 5.94. The van der Waals surface area contributed by atoms with E-state index in [1.54, 1.807) is 12.4 Å². The highest BCUT2D eigenvalue weighted by Crippen LogP contribution is 2.31. The number of fused-ring (bicyclic) bond motifs is 1. The molecule has 0 saturated carbocycles. The van der Waals surface area contributed by atoms with E-state index in [1.807, 2.05) is 24.5 Å². The quantitative estimate of drug-likeness (QED) is 0.787. The van der Waals surface area contributed by atoms with E-state index < -0.39 is 0 Å². The van der Waals surface area contributed by atoms with Crippen molar-refractivity contribution in [1.82, 2.24) is 20.3 Å². The van der Waals surface area contributed by atoms with Gasteiger partial charge in [-0.05, 0) is 38.1 Å². The van der Waals surface area contributed by atoms with E-state index in [0.717, 1.165) is 40.9 Å². The molecule has 0 bridgehead atoms. The molecule has 4 heterocycles. The van der Waals surface area contributed by atoms with Gasteiger partial charge in [0.1, 0.15) is 5.82 Å². The summed E-state index contributed by atoms with van der Waals surface area (Å²) >= 11 is 0. The van der Waals surface area contributed by atoms with Gasteiger partial charge < -0.3 is 10.2 Å². The van der Waals surface area contributed by atoms with Gasteiger partial charge in [-0.2, -0.15) is 0 Å². The summed E-state index contributed by atoms with van der Waals surface area (Å²) in [4.78, 5) is 15.8. The van der Waals surface area contributed by atoms with Gasteiger partial charge in [0.15, 0.2) is 0 Å². The van der Waals surface area contributed by atoms with Crippen LogP contribution in [0.4, 0.5) is 5.82 Å². The molecule has 0 spiro atoms. The first kappa shape index (κ1) is 15.0. The molecule has 1 saturated heterocycles. The van der Waals surface area contributed by atoms with Crippen LogP contribution in [0.15, 0.2) is 49.1 Å². The third-order valence-electron chi connectivity index (χ3n) is 4.62. The molecular formula is C19H21N5. The van der Waals surface area contributed by atoms with Crippen molar-refractivity contribution < 1.29 is 0 Å². The molecule has 3 aromatic rings. The van der Waals surface area contributed by atoms with Gasteiger partial charge in [0.25, 0.3) is 0 Å². The highest BCUT2D eigenvalue weighted by atomic mass is 15.3. The van der Waals surface area contributed by atoms with E-state index >= 15 is 0 Å². The van der Waals surface area contributed by atoms with E-state index in [-0.39, 0.29) is 0 Å². The van der Waals surface area contributed by atoms with Crippen LogP contribution in [0.3, 0.4) is 0 Å². The smallest absolute Gasteiger partial charge is 0.137 e. The van der Waals surface area contributed by atoms with Crippen molar-refractivity contribution in [3.05, 3.63) is 49.1 Å². The Morgan fingerprint density at radius 1 is 1.08 bits per heavy atom. The van der Waals surface area contributed by atoms with Gasteiger partial charge in [-0.3, -0.25) is 9.97 Å². The first-order valence-corrected chi connectivity index (χ1v) is 8.37. The Bertz CT molecular complexity index is 849. The predicted octanol–water partition coefficient (Wildman–Crippen LogP) is 2.88. The standard InChI is InChI=1S/C19H21N5/c1-13-12-24(14(2)10-22-13)19-17-5-8-21-11-16(17)9-18(23-19)15-3-6-20-7-4-15/h3-9,11,13-14,22H,10,12H2,1-2H3. The van der Waals surface area contributed by atoms with Gasteiger partial charge >= 0.3 is 0 Å². The topological polar surface area (TPSA) is 53.9 Å². The summed E-state index contributed by atoms with van der Waals surface area (Å²) < 4.78 is 0. The monoisotopic (exact) mass is 319 g/mol. The van der Waals surface area contributed by atoms with Crippen molar-refractivity contribution in [1.29, 1.82) is 0 Å². The van der Waals surface area contributed by atoms with Crippen molar-refractivity contribution in [2.45, 2.75) is 25.9 Å². The summed E-state index contributed by atoms with van der Waals surface area (Å²) in [6.45, 7) is 6.38. The third kappa shape index (κ3) is 2.71. The molecule has 3 aromatic heterocycles. The Balaban J connectivity index is 1.89. The predicted molar refractivity (Wildman–Crippen MR) is 97.0 cm³/mol. The van der Waals surface area contributed by atoms with Crippen LogP contribution >= 0.6 is 0 Å². The zero-order chi connectivity index (χ0) is 16.5. The molecule has 1 N–H and O–H groups in total. The summed E-state index contributed by atoms with van der Waals surface area (Å²) in [5.74, 6) is 1.04. The second-order valence-electron chi connectivity index (χ2n) is 6.47. The van der Waals surface area contributed by atoms with Crippen LogP contribution < -0.4 is 10.2 Å². The fourth-order valence-corrected chi connectivity index (χ4v) is 3.29. The zero-order valence-corrected chi connectivity index (χ0v) is 14.0. The molecular weight excluding hydrogens is 298 g/mol. The lowest BCUT2D eigenvalue weighted by Crippen LogP contribution is -2.54. The number of nitrogens with zero attached hydrogens (tertiary/aromatic N) is 4. The second-order valence-corrected chi connectivity index (χ2v) is 6.47. The van der Waals surface area contributed by atoms with Crippen molar-refractivity contribution in [2.75, 3.05) is 18.0 Å². The minimum atomic E-state index is 0.401. The molecule has 2 unspecified atom stereocenters.